The van der Waals surface area contributed by atoms with E-state index in [9.17, 15) is 14.9 Å². The second kappa shape index (κ2) is 10.3. The number of non-ortho nitro benzene ring substituents is 1. The molecule has 0 saturated carbocycles. The number of nitro benzene ring substituents is 1. The zero-order chi connectivity index (χ0) is 21.3. The molecule has 3 rings (SSSR count). The molecule has 0 radical (unpaired) electrons. The molecule has 8 heteroatoms. The van der Waals surface area contributed by atoms with Crippen LogP contribution in [0.4, 0.5) is 10.8 Å². The summed E-state index contributed by atoms with van der Waals surface area (Å²) in [5.74, 6) is 0.438. The summed E-state index contributed by atoms with van der Waals surface area (Å²) < 4.78 is 5.77. The number of anilines is 1. The molecule has 0 saturated heterocycles. The fourth-order valence-electron chi connectivity index (χ4n) is 2.61. The molecule has 0 spiro atoms. The number of carbonyl (C=O) groups is 1. The summed E-state index contributed by atoms with van der Waals surface area (Å²) in [4.78, 5) is 27.0. The van der Waals surface area contributed by atoms with Crippen molar-refractivity contribution in [3.63, 3.8) is 0 Å². The summed E-state index contributed by atoms with van der Waals surface area (Å²) >= 11 is 1.29. The molecule has 1 aromatic heterocycles. The summed E-state index contributed by atoms with van der Waals surface area (Å²) in [5, 5.41) is 15.7. The minimum Gasteiger partial charge on any atom is -0.493 e. The Balaban J connectivity index is 1.63. The fourth-order valence-corrected chi connectivity index (χ4v) is 3.33. The summed E-state index contributed by atoms with van der Waals surface area (Å²) in [6.07, 6.45) is 5.17. The minimum absolute atomic E-state index is 0.0200. The Kier molecular flexibility index (Phi) is 7.29. The van der Waals surface area contributed by atoms with E-state index in [4.69, 9.17) is 4.74 Å². The van der Waals surface area contributed by atoms with Crippen LogP contribution in [0.5, 0.6) is 5.75 Å². The molecule has 2 aromatic carbocycles. The third kappa shape index (κ3) is 5.74. The Hall–Kier alpha value is -3.52. The molecule has 0 aliphatic heterocycles. The molecule has 0 unspecified atom stereocenters. The second-order valence-corrected chi connectivity index (χ2v) is 7.26. The number of para-hydroxylation sites is 1. The monoisotopic (exact) mass is 423 g/mol. The number of aromatic nitrogens is 1. The van der Waals surface area contributed by atoms with E-state index in [-0.39, 0.29) is 11.6 Å². The topological polar surface area (TPSA) is 94.4 Å². The van der Waals surface area contributed by atoms with Crippen molar-refractivity contribution in [1.82, 2.24) is 4.98 Å². The van der Waals surface area contributed by atoms with Gasteiger partial charge in [0.2, 0.25) is 5.91 Å². The molecule has 154 valence electrons. The standard InChI is InChI=1S/C22H21N3O4S/c1-2-3-14-29-20-7-5-4-6-17(20)10-13-21(26)24-22-23-19(15-30-22)16-8-11-18(12-9-16)25(27)28/h4-13,15H,2-3,14H2,1H3,(H,23,24,26). The van der Waals surface area contributed by atoms with Crippen molar-refractivity contribution in [1.29, 1.82) is 0 Å². The SMILES string of the molecule is CCCCOc1ccccc1C=CC(=O)Nc1nc(-c2ccc([N+](=O)[O-])cc2)cs1. The van der Waals surface area contributed by atoms with Gasteiger partial charge in [0.15, 0.2) is 5.13 Å². The molecule has 30 heavy (non-hydrogen) atoms. The summed E-state index contributed by atoms with van der Waals surface area (Å²) in [6, 6.07) is 13.7. The highest BCUT2D eigenvalue weighted by atomic mass is 32.1. The predicted molar refractivity (Wildman–Crippen MR) is 119 cm³/mol. The Morgan fingerprint density at radius 1 is 1.23 bits per heavy atom. The van der Waals surface area contributed by atoms with Gasteiger partial charge in [0, 0.05) is 34.7 Å². The van der Waals surface area contributed by atoms with Crippen molar-refractivity contribution >= 4 is 34.1 Å². The number of nitrogens with one attached hydrogen (secondary N) is 1. The lowest BCUT2D eigenvalue weighted by molar-refractivity contribution is -0.384. The molecule has 1 amide bonds. The van der Waals surface area contributed by atoms with E-state index < -0.39 is 4.92 Å². The number of unbranched alkanes of at least 4 members (excludes halogenated alkanes) is 1. The third-order valence-electron chi connectivity index (χ3n) is 4.20. The van der Waals surface area contributed by atoms with Gasteiger partial charge in [0.05, 0.1) is 17.2 Å². The first kappa shape index (κ1) is 21.2. The van der Waals surface area contributed by atoms with Gasteiger partial charge in [-0.2, -0.15) is 0 Å². The van der Waals surface area contributed by atoms with Crippen LogP contribution < -0.4 is 10.1 Å². The molecule has 3 aromatic rings. The smallest absolute Gasteiger partial charge is 0.269 e. The van der Waals surface area contributed by atoms with Crippen molar-refractivity contribution in [3.8, 4) is 17.0 Å². The van der Waals surface area contributed by atoms with Gasteiger partial charge in [-0.3, -0.25) is 20.2 Å². The van der Waals surface area contributed by atoms with Gasteiger partial charge in [-0.15, -0.1) is 11.3 Å². The van der Waals surface area contributed by atoms with Crippen LogP contribution in [0.1, 0.15) is 25.3 Å². The third-order valence-corrected chi connectivity index (χ3v) is 4.95. The molecular formula is C22H21N3O4S. The number of amides is 1. The Morgan fingerprint density at radius 2 is 2.00 bits per heavy atom. The van der Waals surface area contributed by atoms with Crippen LogP contribution in [0.25, 0.3) is 17.3 Å². The van der Waals surface area contributed by atoms with Gasteiger partial charge >= 0.3 is 0 Å². The Morgan fingerprint density at radius 3 is 2.73 bits per heavy atom. The van der Waals surface area contributed by atoms with Crippen molar-refractivity contribution in [2.24, 2.45) is 0 Å². The van der Waals surface area contributed by atoms with E-state index in [1.54, 1.807) is 23.6 Å². The number of hydrogen-bond acceptors (Lipinski definition) is 6. The highest BCUT2D eigenvalue weighted by molar-refractivity contribution is 7.14. The van der Waals surface area contributed by atoms with Gasteiger partial charge in [0.25, 0.3) is 5.69 Å². The Labute approximate surface area is 178 Å². The number of carbonyl (C=O) groups excluding carboxylic acids is 1. The van der Waals surface area contributed by atoms with Crippen molar-refractivity contribution in [3.05, 3.63) is 75.7 Å². The van der Waals surface area contributed by atoms with Gasteiger partial charge in [0.1, 0.15) is 5.75 Å². The van der Waals surface area contributed by atoms with E-state index in [0.29, 0.717) is 17.4 Å². The quantitative estimate of drug-likeness (QED) is 0.211. The van der Waals surface area contributed by atoms with Gasteiger partial charge in [-0.05, 0) is 30.7 Å². The van der Waals surface area contributed by atoms with Crippen LogP contribution in [0.2, 0.25) is 0 Å². The zero-order valence-electron chi connectivity index (χ0n) is 16.4. The number of nitro groups is 1. The first-order valence-corrected chi connectivity index (χ1v) is 10.4. The number of benzene rings is 2. The number of nitrogens with zero attached hydrogens (tertiary/aromatic N) is 2. The number of hydrogen-bond donors (Lipinski definition) is 1. The van der Waals surface area contributed by atoms with Crippen molar-refractivity contribution in [2.75, 3.05) is 11.9 Å². The zero-order valence-corrected chi connectivity index (χ0v) is 17.2. The van der Waals surface area contributed by atoms with E-state index in [2.05, 4.69) is 17.2 Å². The molecule has 0 bridgehead atoms. The predicted octanol–water partition coefficient (Wildman–Crippen LogP) is 5.55. The fraction of sp³-hybridized carbons (Fsp3) is 0.182. The molecular weight excluding hydrogens is 402 g/mol. The maximum Gasteiger partial charge on any atom is 0.269 e. The number of ether oxygens (including phenoxy) is 1. The van der Waals surface area contributed by atoms with Crippen LogP contribution in [0.3, 0.4) is 0 Å². The minimum atomic E-state index is -0.449. The van der Waals surface area contributed by atoms with Crippen LogP contribution in [-0.4, -0.2) is 22.4 Å². The summed E-state index contributed by atoms with van der Waals surface area (Å²) in [7, 11) is 0. The lowest BCUT2D eigenvalue weighted by atomic mass is 10.1. The van der Waals surface area contributed by atoms with Crippen LogP contribution >= 0.6 is 11.3 Å². The van der Waals surface area contributed by atoms with Gasteiger partial charge in [-0.1, -0.05) is 31.5 Å². The number of rotatable bonds is 9. The van der Waals surface area contributed by atoms with Gasteiger partial charge in [-0.25, -0.2) is 4.98 Å². The van der Waals surface area contributed by atoms with E-state index >= 15 is 0 Å². The normalized spacial score (nSPS) is 10.8. The Bertz CT molecular complexity index is 1040. The highest BCUT2D eigenvalue weighted by Crippen LogP contribution is 2.26. The van der Waals surface area contributed by atoms with Crippen LogP contribution in [0.15, 0.2) is 60.0 Å². The average molecular weight is 423 g/mol. The molecule has 0 fully saturated rings. The molecule has 7 nitrogen and oxygen atoms in total. The van der Waals surface area contributed by atoms with Crippen LogP contribution in [-0.2, 0) is 4.79 Å². The van der Waals surface area contributed by atoms with Gasteiger partial charge < -0.3 is 4.74 Å². The van der Waals surface area contributed by atoms with Crippen molar-refractivity contribution in [2.45, 2.75) is 19.8 Å². The summed E-state index contributed by atoms with van der Waals surface area (Å²) in [6.45, 7) is 2.74. The highest BCUT2D eigenvalue weighted by Gasteiger charge is 2.09. The number of thiazole rings is 1. The van der Waals surface area contributed by atoms with E-state index in [1.807, 2.05) is 24.3 Å². The lowest BCUT2D eigenvalue weighted by Gasteiger charge is -2.08. The van der Waals surface area contributed by atoms with E-state index in [0.717, 1.165) is 29.7 Å². The lowest BCUT2D eigenvalue weighted by Crippen LogP contribution is -2.07. The van der Waals surface area contributed by atoms with E-state index in [1.165, 1.54) is 29.5 Å². The maximum absolute atomic E-state index is 12.3. The molecule has 1 N–H and O–H groups in total. The largest absolute Gasteiger partial charge is 0.493 e. The second-order valence-electron chi connectivity index (χ2n) is 6.40. The molecule has 0 aliphatic rings. The first-order valence-electron chi connectivity index (χ1n) is 9.48. The first-order chi connectivity index (χ1) is 14.6. The van der Waals surface area contributed by atoms with Crippen LogP contribution in [0, 0.1) is 10.1 Å². The average Bonchev–Trinajstić information content (AvgIpc) is 3.21. The molecule has 1 heterocycles. The molecule has 0 aliphatic carbocycles. The van der Waals surface area contributed by atoms with Crippen molar-refractivity contribution < 1.29 is 14.5 Å². The maximum atomic E-state index is 12.3. The summed E-state index contributed by atoms with van der Waals surface area (Å²) in [5.41, 5.74) is 2.23. The molecule has 0 atom stereocenters.